The van der Waals surface area contributed by atoms with Crippen molar-refractivity contribution < 1.29 is 19.2 Å². The molecular formula is C10H14N2O4. The van der Waals surface area contributed by atoms with E-state index in [1.54, 1.807) is 13.8 Å². The van der Waals surface area contributed by atoms with Crippen LogP contribution in [0, 0.1) is 12.8 Å². The van der Waals surface area contributed by atoms with Crippen LogP contribution in [-0.4, -0.2) is 40.6 Å². The standard InChI is InChI=1S/C10H14N2O4/c1-6(10(14)15)4-12(3)9(13)8-7(2)5-16-11-8/h5-6H,4H2,1-3H3,(H,14,15). The SMILES string of the molecule is Cc1conc1C(=O)N(C)CC(C)C(=O)O. The van der Waals surface area contributed by atoms with Crippen molar-refractivity contribution in [3.8, 4) is 0 Å². The third kappa shape index (κ3) is 2.59. The highest BCUT2D eigenvalue weighted by Gasteiger charge is 2.21. The van der Waals surface area contributed by atoms with Crippen molar-refractivity contribution in [1.29, 1.82) is 0 Å². The number of aromatic nitrogens is 1. The van der Waals surface area contributed by atoms with Gasteiger partial charge >= 0.3 is 5.97 Å². The summed E-state index contributed by atoms with van der Waals surface area (Å²) in [7, 11) is 1.54. The largest absolute Gasteiger partial charge is 0.481 e. The molecule has 1 amide bonds. The average Bonchev–Trinajstić information content (AvgIpc) is 2.62. The minimum atomic E-state index is -0.934. The molecule has 0 fully saturated rings. The van der Waals surface area contributed by atoms with E-state index in [1.807, 2.05) is 0 Å². The van der Waals surface area contributed by atoms with Crippen LogP contribution >= 0.6 is 0 Å². The first-order valence-corrected chi connectivity index (χ1v) is 4.82. The van der Waals surface area contributed by atoms with Gasteiger partial charge in [-0.05, 0) is 6.92 Å². The number of rotatable bonds is 4. The molecule has 0 radical (unpaired) electrons. The lowest BCUT2D eigenvalue weighted by Crippen LogP contribution is -2.34. The third-order valence-corrected chi connectivity index (χ3v) is 2.27. The molecule has 0 saturated heterocycles. The van der Waals surface area contributed by atoms with Crippen LogP contribution in [0.1, 0.15) is 23.0 Å². The van der Waals surface area contributed by atoms with E-state index in [0.717, 1.165) is 0 Å². The Bertz CT molecular complexity index is 399. The number of hydrogen-bond donors (Lipinski definition) is 1. The minimum Gasteiger partial charge on any atom is -0.481 e. The summed E-state index contributed by atoms with van der Waals surface area (Å²) < 4.78 is 4.66. The van der Waals surface area contributed by atoms with Crippen LogP contribution in [0.4, 0.5) is 0 Å². The van der Waals surface area contributed by atoms with Crippen LogP contribution < -0.4 is 0 Å². The highest BCUT2D eigenvalue weighted by Crippen LogP contribution is 2.09. The van der Waals surface area contributed by atoms with Crippen molar-refractivity contribution in [2.45, 2.75) is 13.8 Å². The van der Waals surface area contributed by atoms with Gasteiger partial charge in [0.1, 0.15) is 6.26 Å². The molecule has 0 spiro atoms. The predicted octanol–water partition coefficient (Wildman–Crippen LogP) is 0.776. The minimum absolute atomic E-state index is 0.139. The highest BCUT2D eigenvalue weighted by molar-refractivity contribution is 5.93. The average molecular weight is 226 g/mol. The summed E-state index contributed by atoms with van der Waals surface area (Å²) in [6.07, 6.45) is 1.38. The molecular weight excluding hydrogens is 212 g/mol. The van der Waals surface area contributed by atoms with Gasteiger partial charge in [-0.1, -0.05) is 12.1 Å². The number of carboxylic acids is 1. The van der Waals surface area contributed by atoms with Crippen LogP contribution in [-0.2, 0) is 4.79 Å². The second-order valence-electron chi connectivity index (χ2n) is 3.77. The van der Waals surface area contributed by atoms with E-state index in [4.69, 9.17) is 5.11 Å². The molecule has 0 aromatic carbocycles. The first-order valence-electron chi connectivity index (χ1n) is 4.82. The molecule has 1 aromatic heterocycles. The Kier molecular flexibility index (Phi) is 3.65. The third-order valence-electron chi connectivity index (χ3n) is 2.27. The second-order valence-corrected chi connectivity index (χ2v) is 3.77. The molecule has 0 saturated carbocycles. The fourth-order valence-corrected chi connectivity index (χ4v) is 1.25. The van der Waals surface area contributed by atoms with Gasteiger partial charge < -0.3 is 14.5 Å². The van der Waals surface area contributed by atoms with Gasteiger partial charge in [-0.25, -0.2) is 0 Å². The number of aliphatic carboxylic acids is 1. The summed E-state index contributed by atoms with van der Waals surface area (Å²) in [5, 5.41) is 12.3. The maximum Gasteiger partial charge on any atom is 0.308 e. The van der Waals surface area contributed by atoms with Crippen molar-refractivity contribution in [1.82, 2.24) is 10.1 Å². The summed E-state index contributed by atoms with van der Waals surface area (Å²) in [4.78, 5) is 23.8. The molecule has 0 bridgehead atoms. The summed E-state index contributed by atoms with van der Waals surface area (Å²) in [5.74, 6) is -1.88. The lowest BCUT2D eigenvalue weighted by Gasteiger charge is -2.18. The Morgan fingerprint density at radius 2 is 2.25 bits per heavy atom. The molecule has 1 N–H and O–H groups in total. The number of carbonyl (C=O) groups excluding carboxylic acids is 1. The van der Waals surface area contributed by atoms with Crippen molar-refractivity contribution >= 4 is 11.9 Å². The lowest BCUT2D eigenvalue weighted by atomic mass is 10.1. The van der Waals surface area contributed by atoms with Gasteiger partial charge in [0.05, 0.1) is 5.92 Å². The normalized spacial score (nSPS) is 12.2. The van der Waals surface area contributed by atoms with Gasteiger partial charge in [0, 0.05) is 19.2 Å². The maximum absolute atomic E-state index is 11.8. The number of aryl methyl sites for hydroxylation is 1. The molecule has 0 aliphatic heterocycles. The zero-order valence-corrected chi connectivity index (χ0v) is 9.43. The zero-order valence-electron chi connectivity index (χ0n) is 9.43. The molecule has 1 rings (SSSR count). The van der Waals surface area contributed by atoms with E-state index < -0.39 is 11.9 Å². The van der Waals surface area contributed by atoms with Crippen molar-refractivity contribution in [2.75, 3.05) is 13.6 Å². The van der Waals surface area contributed by atoms with E-state index in [0.29, 0.717) is 5.56 Å². The molecule has 6 heteroatoms. The zero-order chi connectivity index (χ0) is 12.3. The second kappa shape index (κ2) is 4.78. The quantitative estimate of drug-likeness (QED) is 0.820. The van der Waals surface area contributed by atoms with Crippen LogP contribution in [0.5, 0.6) is 0 Å². The molecule has 88 valence electrons. The molecule has 6 nitrogen and oxygen atoms in total. The van der Waals surface area contributed by atoms with Crippen molar-refractivity contribution in [3.05, 3.63) is 17.5 Å². The predicted molar refractivity (Wildman–Crippen MR) is 55.0 cm³/mol. The smallest absolute Gasteiger partial charge is 0.308 e. The number of carboxylic acid groups (broad SMARTS) is 1. The number of amides is 1. The summed E-state index contributed by atoms with van der Waals surface area (Å²) >= 11 is 0. The Balaban J connectivity index is 2.69. The molecule has 1 atom stereocenters. The van der Waals surface area contributed by atoms with E-state index >= 15 is 0 Å². The van der Waals surface area contributed by atoms with Gasteiger partial charge in [-0.3, -0.25) is 9.59 Å². The topological polar surface area (TPSA) is 83.6 Å². The Hall–Kier alpha value is -1.85. The molecule has 16 heavy (non-hydrogen) atoms. The fourth-order valence-electron chi connectivity index (χ4n) is 1.25. The van der Waals surface area contributed by atoms with Gasteiger partial charge in [-0.15, -0.1) is 0 Å². The summed E-state index contributed by atoms with van der Waals surface area (Å²) in [6, 6.07) is 0. The Labute approximate surface area is 92.8 Å². The van der Waals surface area contributed by atoms with E-state index in [1.165, 1.54) is 18.2 Å². The number of nitrogens with zero attached hydrogens (tertiary/aromatic N) is 2. The monoisotopic (exact) mass is 226 g/mol. The molecule has 0 aliphatic rings. The van der Waals surface area contributed by atoms with Crippen molar-refractivity contribution in [2.24, 2.45) is 5.92 Å². The first kappa shape index (κ1) is 12.2. The van der Waals surface area contributed by atoms with Crippen LogP contribution in [0.25, 0.3) is 0 Å². The Morgan fingerprint density at radius 1 is 1.62 bits per heavy atom. The van der Waals surface area contributed by atoms with E-state index in [2.05, 4.69) is 9.68 Å². The molecule has 1 heterocycles. The van der Waals surface area contributed by atoms with E-state index in [-0.39, 0.29) is 18.1 Å². The van der Waals surface area contributed by atoms with Crippen LogP contribution in [0.2, 0.25) is 0 Å². The van der Waals surface area contributed by atoms with Gasteiger partial charge in [-0.2, -0.15) is 0 Å². The van der Waals surface area contributed by atoms with Gasteiger partial charge in [0.15, 0.2) is 5.69 Å². The van der Waals surface area contributed by atoms with Crippen LogP contribution in [0.15, 0.2) is 10.8 Å². The number of hydrogen-bond acceptors (Lipinski definition) is 4. The molecule has 0 aliphatic carbocycles. The lowest BCUT2D eigenvalue weighted by molar-refractivity contribution is -0.141. The van der Waals surface area contributed by atoms with Crippen LogP contribution in [0.3, 0.4) is 0 Å². The summed E-state index contributed by atoms with van der Waals surface area (Å²) in [6.45, 7) is 3.39. The van der Waals surface area contributed by atoms with Gasteiger partial charge in [0.25, 0.3) is 5.91 Å². The van der Waals surface area contributed by atoms with Crippen molar-refractivity contribution in [3.63, 3.8) is 0 Å². The first-order chi connectivity index (χ1) is 7.43. The molecule has 1 unspecified atom stereocenters. The Morgan fingerprint density at radius 3 is 2.69 bits per heavy atom. The summed E-state index contributed by atoms with van der Waals surface area (Å²) in [5.41, 5.74) is 0.861. The van der Waals surface area contributed by atoms with E-state index in [9.17, 15) is 9.59 Å². The van der Waals surface area contributed by atoms with Gasteiger partial charge in [0.2, 0.25) is 0 Å². The number of carbonyl (C=O) groups is 2. The fraction of sp³-hybridized carbons (Fsp3) is 0.500. The maximum atomic E-state index is 11.8. The molecule has 1 aromatic rings. The highest BCUT2D eigenvalue weighted by atomic mass is 16.5.